The molecule has 0 amide bonds. The summed E-state index contributed by atoms with van der Waals surface area (Å²) in [6.07, 6.45) is -4.58. The van der Waals surface area contributed by atoms with Gasteiger partial charge in [-0.05, 0) is 32.0 Å². The Bertz CT molecular complexity index is 1120. The first-order valence-corrected chi connectivity index (χ1v) is 8.43. The molecule has 7 nitrogen and oxygen atoms in total. The zero-order chi connectivity index (χ0) is 21.3. The Morgan fingerprint density at radius 1 is 1.24 bits per heavy atom. The summed E-state index contributed by atoms with van der Waals surface area (Å²) in [5.74, 6) is -0.384. The summed E-state index contributed by atoms with van der Waals surface area (Å²) in [7, 11) is 1.21. The van der Waals surface area contributed by atoms with E-state index in [2.05, 4.69) is 19.7 Å². The lowest BCUT2D eigenvalue weighted by Crippen LogP contribution is -2.17. The molecule has 1 aromatic carbocycles. The van der Waals surface area contributed by atoms with Gasteiger partial charge < -0.3 is 14.5 Å². The average Bonchev–Trinajstić information content (AvgIpc) is 2.66. The molecule has 1 N–H and O–H groups in total. The fraction of sp³-hybridized carbons (Fsp3) is 0.263. The van der Waals surface area contributed by atoms with E-state index in [0.717, 1.165) is 12.1 Å². The number of carbonyl (C=O) groups is 1. The molecule has 0 spiro atoms. The van der Waals surface area contributed by atoms with Gasteiger partial charge >= 0.3 is 12.1 Å². The Kier molecular flexibility index (Phi) is 5.27. The number of hydrogen-bond donors (Lipinski definition) is 1. The van der Waals surface area contributed by atoms with Crippen molar-refractivity contribution in [2.75, 3.05) is 7.11 Å². The van der Waals surface area contributed by atoms with Crippen LogP contribution >= 0.6 is 0 Å². The number of carbonyl (C=O) groups excluding carboxylic acids is 1. The number of rotatable bonds is 4. The number of hydrogen-bond acceptors (Lipinski definition) is 6. The molecule has 0 aliphatic carbocycles. The highest BCUT2D eigenvalue weighted by Crippen LogP contribution is 2.37. The number of nitrogens with one attached hydrogen (secondary N) is 1. The monoisotopic (exact) mass is 407 g/mol. The first kappa shape index (κ1) is 20.3. The number of H-pyrrole nitrogens is 1. The third-order valence-electron chi connectivity index (χ3n) is 4.19. The highest BCUT2D eigenvalue weighted by atomic mass is 19.4. The first-order valence-electron chi connectivity index (χ1n) is 8.43. The lowest BCUT2D eigenvalue weighted by molar-refractivity contribution is -0.138. The normalized spacial score (nSPS) is 12.6. The average molecular weight is 407 g/mol. The van der Waals surface area contributed by atoms with Crippen molar-refractivity contribution < 1.29 is 27.4 Å². The number of esters is 1. The van der Waals surface area contributed by atoms with Gasteiger partial charge in [0.2, 0.25) is 5.88 Å². The van der Waals surface area contributed by atoms with E-state index in [9.17, 15) is 22.8 Å². The van der Waals surface area contributed by atoms with Crippen molar-refractivity contribution in [1.82, 2.24) is 15.0 Å². The molecule has 3 aromatic rings. The van der Waals surface area contributed by atoms with Crippen LogP contribution in [0.2, 0.25) is 0 Å². The van der Waals surface area contributed by atoms with E-state index in [1.807, 2.05) is 0 Å². The van der Waals surface area contributed by atoms with Crippen LogP contribution < -0.4 is 10.3 Å². The van der Waals surface area contributed by atoms with Crippen LogP contribution in [0.4, 0.5) is 13.2 Å². The van der Waals surface area contributed by atoms with Crippen LogP contribution in [0.1, 0.15) is 40.3 Å². The smallest absolute Gasteiger partial charge is 0.416 e. The molecule has 1 atom stereocenters. The molecule has 29 heavy (non-hydrogen) atoms. The summed E-state index contributed by atoms with van der Waals surface area (Å²) in [5, 5.41) is 0.0167. The summed E-state index contributed by atoms with van der Waals surface area (Å²) < 4.78 is 50.9. The van der Waals surface area contributed by atoms with E-state index >= 15 is 0 Å². The van der Waals surface area contributed by atoms with Gasteiger partial charge in [0.15, 0.2) is 0 Å². The molecule has 0 radical (unpaired) electrons. The highest BCUT2D eigenvalue weighted by molar-refractivity contribution is 5.88. The van der Waals surface area contributed by atoms with Gasteiger partial charge in [-0.1, -0.05) is 0 Å². The molecule has 152 valence electrons. The summed E-state index contributed by atoms with van der Waals surface area (Å²) in [6.45, 7) is 2.89. The van der Waals surface area contributed by atoms with Crippen molar-refractivity contribution >= 4 is 16.9 Å². The molecular weight excluding hydrogens is 391 g/mol. The molecule has 0 aliphatic heterocycles. The predicted octanol–water partition coefficient (Wildman–Crippen LogP) is 3.57. The van der Waals surface area contributed by atoms with Crippen LogP contribution in [0, 0.1) is 6.92 Å². The standard InChI is InChI=1S/C19H16F3N3O4/c1-9(29-16-5-4-11(8-23-16)18(27)28-3)12-6-13-15(7-14(12)19(20,21)22)24-10(2)25-17(13)26/h4-9H,1-3H3,(H,24,25,26)/t9-/m0/s1. The molecule has 0 fully saturated rings. The third kappa shape index (κ3) is 4.20. The number of aryl methyl sites for hydroxylation is 1. The molecule has 0 aliphatic rings. The zero-order valence-electron chi connectivity index (χ0n) is 15.6. The van der Waals surface area contributed by atoms with Gasteiger partial charge in [0.25, 0.3) is 5.56 Å². The van der Waals surface area contributed by atoms with Crippen LogP contribution in [-0.4, -0.2) is 28.0 Å². The highest BCUT2D eigenvalue weighted by Gasteiger charge is 2.36. The minimum atomic E-state index is -4.68. The van der Waals surface area contributed by atoms with Crippen LogP contribution in [0.5, 0.6) is 5.88 Å². The molecule has 0 saturated heterocycles. The number of halogens is 3. The fourth-order valence-corrected chi connectivity index (χ4v) is 2.83. The second kappa shape index (κ2) is 7.53. The maximum Gasteiger partial charge on any atom is 0.416 e. The van der Waals surface area contributed by atoms with Crippen molar-refractivity contribution in [2.24, 2.45) is 0 Å². The van der Waals surface area contributed by atoms with Gasteiger partial charge in [-0.25, -0.2) is 14.8 Å². The fourth-order valence-electron chi connectivity index (χ4n) is 2.83. The van der Waals surface area contributed by atoms with Crippen molar-refractivity contribution in [1.29, 1.82) is 0 Å². The maximum absolute atomic E-state index is 13.6. The van der Waals surface area contributed by atoms with Gasteiger partial charge in [0.05, 0.1) is 29.1 Å². The molecule has 0 unspecified atom stereocenters. The second-order valence-electron chi connectivity index (χ2n) is 6.24. The van der Waals surface area contributed by atoms with E-state index < -0.39 is 29.4 Å². The van der Waals surface area contributed by atoms with Gasteiger partial charge in [-0.2, -0.15) is 13.2 Å². The van der Waals surface area contributed by atoms with E-state index in [1.54, 1.807) is 0 Å². The Labute approximate surface area is 162 Å². The SMILES string of the molecule is COC(=O)c1ccc(O[C@@H](C)c2cc3c(=O)[nH]c(C)nc3cc2C(F)(F)F)nc1. The van der Waals surface area contributed by atoms with E-state index in [1.165, 1.54) is 39.3 Å². The molecule has 2 heterocycles. The summed E-state index contributed by atoms with van der Waals surface area (Å²) in [6, 6.07) is 4.68. The topological polar surface area (TPSA) is 94.2 Å². The van der Waals surface area contributed by atoms with Crippen molar-refractivity contribution in [3.8, 4) is 5.88 Å². The molecule has 10 heteroatoms. The van der Waals surface area contributed by atoms with Crippen molar-refractivity contribution in [3.05, 3.63) is 63.3 Å². The molecular formula is C19H16F3N3O4. The van der Waals surface area contributed by atoms with Crippen LogP contribution in [0.15, 0.2) is 35.3 Å². The zero-order valence-corrected chi connectivity index (χ0v) is 15.6. The Hall–Kier alpha value is -3.43. The summed E-state index contributed by atoms with van der Waals surface area (Å²) in [4.78, 5) is 33.9. The lowest BCUT2D eigenvalue weighted by atomic mass is 10.00. The number of benzene rings is 1. The van der Waals surface area contributed by atoms with Crippen LogP contribution in [0.25, 0.3) is 10.9 Å². The van der Waals surface area contributed by atoms with Gasteiger partial charge in [-0.3, -0.25) is 4.79 Å². The summed E-state index contributed by atoms with van der Waals surface area (Å²) in [5.41, 5.74) is -1.63. The van der Waals surface area contributed by atoms with Gasteiger partial charge in [0, 0.05) is 17.8 Å². The quantitative estimate of drug-likeness (QED) is 0.665. The molecule has 0 saturated carbocycles. The number of fused-ring (bicyclic) bond motifs is 1. The Morgan fingerprint density at radius 3 is 2.55 bits per heavy atom. The number of pyridine rings is 1. The number of ether oxygens (including phenoxy) is 2. The largest absolute Gasteiger partial charge is 0.470 e. The van der Waals surface area contributed by atoms with Crippen molar-refractivity contribution in [3.63, 3.8) is 0 Å². The minimum Gasteiger partial charge on any atom is -0.470 e. The van der Waals surface area contributed by atoms with Gasteiger partial charge in [-0.15, -0.1) is 0 Å². The molecule has 3 rings (SSSR count). The number of methoxy groups -OCH3 is 1. The van der Waals surface area contributed by atoms with Gasteiger partial charge in [0.1, 0.15) is 11.9 Å². The third-order valence-corrected chi connectivity index (χ3v) is 4.19. The Balaban J connectivity index is 2.03. The maximum atomic E-state index is 13.6. The van der Waals surface area contributed by atoms with Crippen LogP contribution in [-0.2, 0) is 10.9 Å². The van der Waals surface area contributed by atoms with E-state index in [-0.39, 0.29) is 33.7 Å². The number of nitrogens with zero attached hydrogens (tertiary/aromatic N) is 2. The first-order chi connectivity index (χ1) is 13.6. The number of aromatic amines is 1. The molecule has 0 bridgehead atoms. The minimum absolute atomic E-state index is 0.00863. The lowest BCUT2D eigenvalue weighted by Gasteiger charge is -2.20. The number of aromatic nitrogens is 3. The van der Waals surface area contributed by atoms with E-state index in [4.69, 9.17) is 4.74 Å². The van der Waals surface area contributed by atoms with Crippen LogP contribution in [0.3, 0.4) is 0 Å². The van der Waals surface area contributed by atoms with E-state index in [0.29, 0.717) is 0 Å². The molecule has 2 aromatic heterocycles. The second-order valence-corrected chi connectivity index (χ2v) is 6.24. The predicted molar refractivity (Wildman–Crippen MR) is 96.7 cm³/mol. The Morgan fingerprint density at radius 2 is 1.97 bits per heavy atom. The number of alkyl halides is 3. The van der Waals surface area contributed by atoms with Crippen molar-refractivity contribution in [2.45, 2.75) is 26.1 Å². The summed E-state index contributed by atoms with van der Waals surface area (Å²) >= 11 is 0.